The number of benzene rings is 2. The van der Waals surface area contributed by atoms with Gasteiger partial charge in [-0.25, -0.2) is 8.42 Å². The molecular weight excluding hydrogens is 364 g/mol. The Kier molecular flexibility index (Phi) is 4.60. The largest absolute Gasteiger partial charge is 0.573 e. The predicted octanol–water partition coefficient (Wildman–Crippen LogP) is 4.72. The number of hydrogen-bond acceptors (Lipinski definition) is 3. The first-order chi connectivity index (χ1) is 10.1. The lowest BCUT2D eigenvalue weighted by molar-refractivity contribution is -0.274. The molecule has 0 radical (unpaired) electrons. The third-order valence-corrected chi connectivity index (χ3v) is 4.89. The van der Waals surface area contributed by atoms with Crippen LogP contribution in [0, 0.1) is 0 Å². The molecular formula is C13H7Cl2F3O3S. The maximum Gasteiger partial charge on any atom is 0.573 e. The Labute approximate surface area is 134 Å². The third kappa shape index (κ3) is 3.85. The van der Waals surface area contributed by atoms with Crippen LogP contribution in [0.4, 0.5) is 13.2 Å². The molecule has 0 spiro atoms. The van der Waals surface area contributed by atoms with Crippen molar-refractivity contribution in [3.63, 3.8) is 0 Å². The molecule has 0 heterocycles. The zero-order chi connectivity index (χ0) is 16.5. The second-order valence-electron chi connectivity index (χ2n) is 4.10. The van der Waals surface area contributed by atoms with Gasteiger partial charge in [-0.2, -0.15) is 0 Å². The summed E-state index contributed by atoms with van der Waals surface area (Å²) < 4.78 is 65.2. The van der Waals surface area contributed by atoms with Crippen LogP contribution in [-0.4, -0.2) is 14.8 Å². The lowest BCUT2D eigenvalue weighted by Gasteiger charge is -2.12. The lowest BCUT2D eigenvalue weighted by atomic mass is 10.3. The van der Waals surface area contributed by atoms with E-state index in [9.17, 15) is 21.6 Å². The highest BCUT2D eigenvalue weighted by atomic mass is 35.5. The van der Waals surface area contributed by atoms with Gasteiger partial charge in [-0.15, -0.1) is 13.2 Å². The number of ether oxygens (including phenoxy) is 1. The second-order valence-corrected chi connectivity index (χ2v) is 6.89. The zero-order valence-electron chi connectivity index (χ0n) is 10.6. The Morgan fingerprint density at radius 2 is 1.45 bits per heavy atom. The highest BCUT2D eigenvalue weighted by Gasteiger charge is 2.32. The number of rotatable bonds is 3. The van der Waals surface area contributed by atoms with E-state index in [-0.39, 0.29) is 14.8 Å². The van der Waals surface area contributed by atoms with Crippen LogP contribution >= 0.6 is 23.2 Å². The molecule has 0 atom stereocenters. The molecule has 0 aliphatic rings. The Morgan fingerprint density at radius 3 is 2.00 bits per heavy atom. The first-order valence-corrected chi connectivity index (χ1v) is 7.89. The summed E-state index contributed by atoms with van der Waals surface area (Å²) in [5, 5.41) is -0.0245. The summed E-state index contributed by atoms with van der Waals surface area (Å²) in [4.78, 5) is -0.490. The summed E-state index contributed by atoms with van der Waals surface area (Å²) >= 11 is 11.3. The van der Waals surface area contributed by atoms with Crippen LogP contribution < -0.4 is 4.74 Å². The molecule has 9 heteroatoms. The number of halogens is 5. The molecule has 0 saturated heterocycles. The monoisotopic (exact) mass is 370 g/mol. The summed E-state index contributed by atoms with van der Waals surface area (Å²) in [6, 6.07) is 8.04. The van der Waals surface area contributed by atoms with E-state index in [0.717, 1.165) is 18.2 Å². The van der Waals surface area contributed by atoms with Gasteiger partial charge in [-0.1, -0.05) is 23.2 Å². The maximum absolute atomic E-state index is 12.4. The van der Waals surface area contributed by atoms with E-state index in [0.29, 0.717) is 5.02 Å². The summed E-state index contributed by atoms with van der Waals surface area (Å²) in [6.07, 6.45) is -4.98. The van der Waals surface area contributed by atoms with E-state index in [1.807, 2.05) is 0 Å². The summed E-state index contributed by atoms with van der Waals surface area (Å²) in [7, 11) is -4.02. The molecule has 2 rings (SSSR count). The SMILES string of the molecule is O=S(=O)(c1ccc(Cl)cc1)c1ccc(Cl)c(OC(F)(F)F)c1. The smallest absolute Gasteiger partial charge is 0.404 e. The van der Waals surface area contributed by atoms with Crippen LogP contribution in [0.25, 0.3) is 0 Å². The van der Waals surface area contributed by atoms with Crippen molar-refractivity contribution in [1.82, 2.24) is 0 Å². The molecule has 0 saturated carbocycles. The highest BCUT2D eigenvalue weighted by Crippen LogP contribution is 2.34. The van der Waals surface area contributed by atoms with Crippen molar-refractivity contribution in [2.45, 2.75) is 16.2 Å². The minimum absolute atomic E-state index is 0.114. The molecule has 0 aliphatic carbocycles. The average molecular weight is 371 g/mol. The molecule has 3 nitrogen and oxygen atoms in total. The maximum atomic E-state index is 12.4. The highest BCUT2D eigenvalue weighted by molar-refractivity contribution is 7.91. The van der Waals surface area contributed by atoms with Gasteiger partial charge in [-0.3, -0.25) is 0 Å². The van der Waals surface area contributed by atoms with E-state index in [1.165, 1.54) is 24.3 Å². The van der Waals surface area contributed by atoms with Gasteiger partial charge in [0.05, 0.1) is 14.8 Å². The quantitative estimate of drug-likeness (QED) is 0.784. The Bertz CT molecular complexity index is 787. The number of sulfone groups is 1. The third-order valence-electron chi connectivity index (χ3n) is 2.56. The topological polar surface area (TPSA) is 43.4 Å². The zero-order valence-corrected chi connectivity index (χ0v) is 12.9. The molecule has 0 amide bonds. The Balaban J connectivity index is 2.48. The standard InChI is InChI=1S/C13H7Cl2F3O3S/c14-8-1-3-9(4-2-8)22(19,20)10-5-6-11(15)12(7-10)21-13(16,17)18/h1-7H. The molecule has 2 aromatic rings. The van der Waals surface area contributed by atoms with Gasteiger partial charge in [0.2, 0.25) is 9.84 Å². The van der Waals surface area contributed by atoms with Gasteiger partial charge >= 0.3 is 6.36 Å². The van der Waals surface area contributed by atoms with Gasteiger partial charge in [0, 0.05) is 11.1 Å². The van der Waals surface area contributed by atoms with Crippen LogP contribution in [0.2, 0.25) is 10.0 Å². The average Bonchev–Trinajstić information content (AvgIpc) is 2.40. The first kappa shape index (κ1) is 16.9. The number of hydrogen-bond donors (Lipinski definition) is 0. The molecule has 2 aromatic carbocycles. The van der Waals surface area contributed by atoms with E-state index in [2.05, 4.69) is 4.74 Å². The minimum Gasteiger partial charge on any atom is -0.404 e. The van der Waals surface area contributed by atoms with Gasteiger partial charge < -0.3 is 4.74 Å². The van der Waals surface area contributed by atoms with Crippen molar-refractivity contribution in [2.24, 2.45) is 0 Å². The summed E-state index contributed by atoms with van der Waals surface area (Å²) in [5.74, 6) is -0.788. The van der Waals surface area contributed by atoms with Crippen molar-refractivity contribution < 1.29 is 26.3 Å². The lowest BCUT2D eigenvalue weighted by Crippen LogP contribution is -2.17. The molecule has 118 valence electrons. The summed E-state index contributed by atoms with van der Waals surface area (Å²) in [6.45, 7) is 0. The molecule has 0 fully saturated rings. The second kappa shape index (κ2) is 5.98. The van der Waals surface area contributed by atoms with Crippen molar-refractivity contribution >= 4 is 33.0 Å². The molecule has 0 N–H and O–H groups in total. The van der Waals surface area contributed by atoms with Crippen molar-refractivity contribution in [3.8, 4) is 5.75 Å². The molecule has 0 aliphatic heterocycles. The normalized spacial score (nSPS) is 12.2. The van der Waals surface area contributed by atoms with Crippen LogP contribution in [0.15, 0.2) is 52.3 Å². The minimum atomic E-state index is -4.98. The van der Waals surface area contributed by atoms with Crippen molar-refractivity contribution in [3.05, 3.63) is 52.5 Å². The Morgan fingerprint density at radius 1 is 0.909 bits per heavy atom. The van der Waals surface area contributed by atoms with Crippen LogP contribution in [0.1, 0.15) is 0 Å². The van der Waals surface area contributed by atoms with Gasteiger partial charge in [0.15, 0.2) is 0 Å². The van der Waals surface area contributed by atoms with Crippen LogP contribution in [-0.2, 0) is 9.84 Å². The van der Waals surface area contributed by atoms with Gasteiger partial charge in [0.1, 0.15) is 5.75 Å². The fourth-order valence-electron chi connectivity index (χ4n) is 1.60. The van der Waals surface area contributed by atoms with Gasteiger partial charge in [-0.05, 0) is 36.4 Å². The van der Waals surface area contributed by atoms with Crippen molar-refractivity contribution in [2.75, 3.05) is 0 Å². The molecule has 22 heavy (non-hydrogen) atoms. The van der Waals surface area contributed by atoms with E-state index < -0.39 is 21.9 Å². The van der Waals surface area contributed by atoms with E-state index in [1.54, 1.807) is 0 Å². The van der Waals surface area contributed by atoms with E-state index in [4.69, 9.17) is 23.2 Å². The van der Waals surface area contributed by atoms with Gasteiger partial charge in [0.25, 0.3) is 0 Å². The summed E-state index contributed by atoms with van der Waals surface area (Å²) in [5.41, 5.74) is 0. The Hall–Kier alpha value is -1.44. The fourth-order valence-corrected chi connectivity index (χ4v) is 3.16. The predicted molar refractivity (Wildman–Crippen MR) is 75.0 cm³/mol. The molecule has 0 bridgehead atoms. The fraction of sp³-hybridized carbons (Fsp3) is 0.0769. The first-order valence-electron chi connectivity index (χ1n) is 5.65. The van der Waals surface area contributed by atoms with E-state index >= 15 is 0 Å². The molecule has 0 aromatic heterocycles. The van der Waals surface area contributed by atoms with Crippen LogP contribution in [0.3, 0.4) is 0 Å². The molecule has 0 unspecified atom stereocenters. The van der Waals surface area contributed by atoms with Crippen LogP contribution in [0.5, 0.6) is 5.75 Å². The van der Waals surface area contributed by atoms with Crippen molar-refractivity contribution in [1.29, 1.82) is 0 Å². The number of alkyl halides is 3.